The number of nitrogens with one attached hydrogen (secondary N) is 1. The fourth-order valence-electron chi connectivity index (χ4n) is 0.499. The van der Waals surface area contributed by atoms with Crippen LogP contribution < -0.4 is 0 Å². The smallest absolute Gasteiger partial charge is 0.304 e. The van der Waals surface area contributed by atoms with Gasteiger partial charge in [0.2, 0.25) is 0 Å². The van der Waals surface area contributed by atoms with Gasteiger partial charge in [-0.3, -0.25) is 9.89 Å². The lowest BCUT2D eigenvalue weighted by atomic mass is 10.5. The van der Waals surface area contributed by atoms with Crippen LogP contribution in [0.25, 0.3) is 0 Å². The van der Waals surface area contributed by atoms with Gasteiger partial charge < -0.3 is 5.11 Å². The molecule has 5 nitrogen and oxygen atoms in total. The number of aromatic nitrogens is 3. The summed E-state index contributed by atoms with van der Waals surface area (Å²) in [7, 11) is 0. The number of aromatic amines is 1. The first-order valence-electron chi connectivity index (χ1n) is 2.99. The topological polar surface area (TPSA) is 78.9 Å². The number of nitrogens with zero attached hydrogens (tertiary/aromatic N) is 2. The van der Waals surface area contributed by atoms with Crippen molar-refractivity contribution < 1.29 is 9.90 Å². The number of thioether (sulfide) groups is 1. The van der Waals surface area contributed by atoms with Gasteiger partial charge in [-0.25, -0.2) is 4.98 Å². The first-order valence-corrected chi connectivity index (χ1v) is 3.97. The Hall–Kier alpha value is -1.04. The average molecular weight is 173 g/mol. The van der Waals surface area contributed by atoms with Gasteiger partial charge in [-0.05, 0) is 0 Å². The first-order chi connectivity index (χ1) is 5.29. The summed E-state index contributed by atoms with van der Waals surface area (Å²) in [6.07, 6.45) is 1.54. The van der Waals surface area contributed by atoms with Gasteiger partial charge in [0.25, 0.3) is 0 Å². The molecule has 0 atom stereocenters. The molecular weight excluding hydrogens is 166 g/mol. The summed E-state index contributed by atoms with van der Waals surface area (Å²) in [5, 5.41) is 15.2. The second-order valence-electron chi connectivity index (χ2n) is 1.78. The monoisotopic (exact) mass is 173 g/mol. The van der Waals surface area contributed by atoms with Crippen LogP contribution in [0.3, 0.4) is 0 Å². The molecule has 11 heavy (non-hydrogen) atoms. The fraction of sp³-hybridized carbons (Fsp3) is 0.400. The Labute approximate surface area is 67.2 Å². The van der Waals surface area contributed by atoms with Crippen LogP contribution in [0.5, 0.6) is 0 Å². The molecule has 60 valence electrons. The summed E-state index contributed by atoms with van der Waals surface area (Å²) in [4.78, 5) is 13.9. The SMILES string of the molecule is O=C(O)CCSc1ncn[nH]1. The van der Waals surface area contributed by atoms with Crippen LogP contribution in [-0.2, 0) is 4.79 Å². The van der Waals surface area contributed by atoms with E-state index in [2.05, 4.69) is 15.2 Å². The molecule has 1 aromatic rings. The predicted molar refractivity (Wildman–Crippen MR) is 39.4 cm³/mol. The highest BCUT2D eigenvalue weighted by Crippen LogP contribution is 2.11. The third kappa shape index (κ3) is 3.03. The lowest BCUT2D eigenvalue weighted by Crippen LogP contribution is -1.95. The standard InChI is InChI=1S/C5H7N3O2S/c9-4(10)1-2-11-5-6-3-7-8-5/h3H,1-2H2,(H,9,10)(H,6,7,8). The Morgan fingerprint density at radius 1 is 1.82 bits per heavy atom. The van der Waals surface area contributed by atoms with Crippen molar-refractivity contribution in [3.8, 4) is 0 Å². The largest absolute Gasteiger partial charge is 0.481 e. The molecule has 0 unspecified atom stereocenters. The molecule has 0 bridgehead atoms. The number of hydrogen-bond acceptors (Lipinski definition) is 4. The summed E-state index contributed by atoms with van der Waals surface area (Å²) < 4.78 is 0. The second kappa shape index (κ2) is 3.97. The van der Waals surface area contributed by atoms with Gasteiger partial charge in [-0.15, -0.1) is 0 Å². The van der Waals surface area contributed by atoms with E-state index in [1.807, 2.05) is 0 Å². The minimum absolute atomic E-state index is 0.144. The Bertz CT molecular complexity index is 224. The van der Waals surface area contributed by atoms with Crippen molar-refractivity contribution >= 4 is 17.7 Å². The highest BCUT2D eigenvalue weighted by molar-refractivity contribution is 7.99. The van der Waals surface area contributed by atoms with Crippen LogP contribution in [0.1, 0.15) is 6.42 Å². The molecule has 1 heterocycles. The summed E-state index contributed by atoms with van der Waals surface area (Å²) in [6.45, 7) is 0. The average Bonchev–Trinajstić information content (AvgIpc) is 2.39. The maximum Gasteiger partial charge on any atom is 0.304 e. The Kier molecular flexibility index (Phi) is 2.91. The summed E-state index contributed by atoms with van der Waals surface area (Å²) in [6, 6.07) is 0. The van der Waals surface area contributed by atoms with E-state index in [0.29, 0.717) is 10.9 Å². The molecule has 0 amide bonds. The molecule has 0 aliphatic rings. The maximum absolute atomic E-state index is 10.1. The molecule has 1 rings (SSSR count). The van der Waals surface area contributed by atoms with Gasteiger partial charge in [0.1, 0.15) is 6.33 Å². The predicted octanol–water partition coefficient (Wildman–Crippen LogP) is 0.371. The quantitative estimate of drug-likeness (QED) is 0.643. The molecule has 0 aromatic carbocycles. The van der Waals surface area contributed by atoms with E-state index < -0.39 is 5.97 Å². The van der Waals surface area contributed by atoms with Gasteiger partial charge in [0.15, 0.2) is 5.16 Å². The Balaban J connectivity index is 2.19. The molecule has 1 aromatic heterocycles. The molecule has 0 fully saturated rings. The van der Waals surface area contributed by atoms with E-state index in [9.17, 15) is 4.79 Å². The van der Waals surface area contributed by atoms with Gasteiger partial charge in [-0.1, -0.05) is 11.8 Å². The van der Waals surface area contributed by atoms with Gasteiger partial charge in [0.05, 0.1) is 6.42 Å². The summed E-state index contributed by atoms with van der Waals surface area (Å²) in [5.41, 5.74) is 0. The normalized spacial score (nSPS) is 9.82. The number of carboxylic acids is 1. The van der Waals surface area contributed by atoms with Crippen LogP contribution in [-0.4, -0.2) is 32.0 Å². The minimum Gasteiger partial charge on any atom is -0.481 e. The summed E-state index contributed by atoms with van der Waals surface area (Å²) >= 11 is 1.35. The van der Waals surface area contributed by atoms with E-state index in [1.165, 1.54) is 18.1 Å². The maximum atomic E-state index is 10.1. The highest BCUT2D eigenvalue weighted by Gasteiger charge is 1.99. The van der Waals surface area contributed by atoms with Crippen LogP contribution in [0.15, 0.2) is 11.5 Å². The lowest BCUT2D eigenvalue weighted by Gasteiger charge is -1.91. The zero-order valence-corrected chi connectivity index (χ0v) is 6.47. The molecule has 0 aliphatic heterocycles. The van der Waals surface area contributed by atoms with Crippen LogP contribution in [0.4, 0.5) is 0 Å². The van der Waals surface area contributed by atoms with E-state index in [4.69, 9.17) is 5.11 Å². The zero-order chi connectivity index (χ0) is 8.10. The van der Waals surface area contributed by atoms with Crippen LogP contribution in [0, 0.1) is 0 Å². The van der Waals surface area contributed by atoms with Crippen molar-refractivity contribution in [1.29, 1.82) is 0 Å². The number of carbonyl (C=O) groups is 1. The Morgan fingerprint density at radius 3 is 3.18 bits per heavy atom. The summed E-state index contributed by atoms with van der Waals surface area (Å²) in [5.74, 6) is -0.276. The Morgan fingerprint density at radius 2 is 2.64 bits per heavy atom. The number of H-pyrrole nitrogens is 1. The van der Waals surface area contributed by atoms with Crippen LogP contribution >= 0.6 is 11.8 Å². The third-order valence-electron chi connectivity index (χ3n) is 0.948. The van der Waals surface area contributed by atoms with Crippen LogP contribution in [0.2, 0.25) is 0 Å². The molecule has 0 radical (unpaired) electrons. The van der Waals surface area contributed by atoms with E-state index in [-0.39, 0.29) is 6.42 Å². The van der Waals surface area contributed by atoms with E-state index in [1.54, 1.807) is 0 Å². The van der Waals surface area contributed by atoms with Gasteiger partial charge in [0, 0.05) is 5.75 Å². The lowest BCUT2D eigenvalue weighted by molar-refractivity contribution is -0.136. The first kappa shape index (κ1) is 8.06. The molecule has 0 saturated heterocycles. The van der Waals surface area contributed by atoms with Gasteiger partial charge in [-0.2, -0.15) is 5.10 Å². The molecule has 0 spiro atoms. The fourth-order valence-corrected chi connectivity index (χ4v) is 1.21. The molecule has 2 N–H and O–H groups in total. The van der Waals surface area contributed by atoms with Crippen molar-refractivity contribution in [3.05, 3.63) is 6.33 Å². The number of rotatable bonds is 4. The zero-order valence-electron chi connectivity index (χ0n) is 5.65. The number of carboxylic acid groups (broad SMARTS) is 1. The molecule has 0 saturated carbocycles. The van der Waals surface area contributed by atoms with E-state index >= 15 is 0 Å². The molecule has 0 aliphatic carbocycles. The molecular formula is C5H7N3O2S. The number of aliphatic carboxylic acids is 1. The highest BCUT2D eigenvalue weighted by atomic mass is 32.2. The number of hydrogen-bond donors (Lipinski definition) is 2. The van der Waals surface area contributed by atoms with Crippen molar-refractivity contribution in [2.45, 2.75) is 11.6 Å². The molecule has 6 heteroatoms. The van der Waals surface area contributed by atoms with Crippen molar-refractivity contribution in [2.24, 2.45) is 0 Å². The second-order valence-corrected chi connectivity index (χ2v) is 2.87. The van der Waals surface area contributed by atoms with Crippen molar-refractivity contribution in [2.75, 3.05) is 5.75 Å². The third-order valence-corrected chi connectivity index (χ3v) is 1.83. The van der Waals surface area contributed by atoms with E-state index in [0.717, 1.165) is 0 Å². The van der Waals surface area contributed by atoms with Gasteiger partial charge >= 0.3 is 5.97 Å². The minimum atomic E-state index is -0.794. The van der Waals surface area contributed by atoms with Crippen molar-refractivity contribution in [3.63, 3.8) is 0 Å². The van der Waals surface area contributed by atoms with Crippen molar-refractivity contribution in [1.82, 2.24) is 15.2 Å².